The van der Waals surface area contributed by atoms with E-state index in [1.165, 1.54) is 0 Å². The summed E-state index contributed by atoms with van der Waals surface area (Å²) in [5.74, 6) is 0.892. The first-order valence-electron chi connectivity index (χ1n) is 8.56. The second-order valence-electron chi connectivity index (χ2n) is 6.76. The molecule has 1 aliphatic heterocycles. The maximum atomic E-state index is 6.13. The monoisotopic (exact) mass is 338 g/mol. The fourth-order valence-electron chi connectivity index (χ4n) is 3.17. The van der Waals surface area contributed by atoms with Gasteiger partial charge in [0.1, 0.15) is 5.75 Å². The summed E-state index contributed by atoms with van der Waals surface area (Å²) in [5.41, 5.74) is 1.07. The summed E-state index contributed by atoms with van der Waals surface area (Å²) in [4.78, 5) is 0. The molecule has 0 radical (unpaired) electrons. The normalized spacial score (nSPS) is 21.2. The molecule has 1 unspecified atom stereocenters. The summed E-state index contributed by atoms with van der Waals surface area (Å²) in [7, 11) is -2.36. The minimum absolute atomic E-state index is 0.521. The number of benzene rings is 1. The zero-order valence-corrected chi connectivity index (χ0v) is 16.3. The third-order valence-electron chi connectivity index (χ3n) is 4.06. The second kappa shape index (κ2) is 7.34. The SMILES string of the molecule is CCO[Si](C)(OCC)c1ccc2c(c1)COC(C)(CC(C)C)O2. The molecule has 0 aromatic heterocycles. The van der Waals surface area contributed by atoms with E-state index in [0.717, 1.165) is 22.9 Å². The summed E-state index contributed by atoms with van der Waals surface area (Å²) >= 11 is 0. The van der Waals surface area contributed by atoms with Crippen molar-refractivity contribution in [3.8, 4) is 5.75 Å². The molecule has 0 spiro atoms. The lowest BCUT2D eigenvalue weighted by Gasteiger charge is -2.37. The molecular formula is C18H30O4Si. The molecule has 1 aliphatic rings. The van der Waals surface area contributed by atoms with Gasteiger partial charge in [0.25, 0.3) is 0 Å². The highest BCUT2D eigenvalue weighted by Gasteiger charge is 2.37. The van der Waals surface area contributed by atoms with E-state index in [9.17, 15) is 0 Å². The van der Waals surface area contributed by atoms with Crippen molar-refractivity contribution in [2.75, 3.05) is 13.2 Å². The van der Waals surface area contributed by atoms with Gasteiger partial charge in [-0.15, -0.1) is 0 Å². The van der Waals surface area contributed by atoms with Crippen LogP contribution in [0.1, 0.15) is 46.6 Å². The molecule has 0 amide bonds. The Labute approximate surface area is 141 Å². The topological polar surface area (TPSA) is 36.9 Å². The van der Waals surface area contributed by atoms with E-state index in [-0.39, 0.29) is 0 Å². The van der Waals surface area contributed by atoms with Gasteiger partial charge in [-0.3, -0.25) is 0 Å². The molecule has 0 bridgehead atoms. The summed E-state index contributed by atoms with van der Waals surface area (Å²) in [6.45, 7) is 14.3. The smallest absolute Gasteiger partial charge is 0.369 e. The first-order chi connectivity index (χ1) is 10.8. The average molecular weight is 339 g/mol. The number of hydrogen-bond acceptors (Lipinski definition) is 4. The Morgan fingerprint density at radius 1 is 1.22 bits per heavy atom. The third kappa shape index (κ3) is 4.35. The maximum Gasteiger partial charge on any atom is 0.369 e. The van der Waals surface area contributed by atoms with Gasteiger partial charge in [0, 0.05) is 32.1 Å². The van der Waals surface area contributed by atoms with Crippen molar-refractivity contribution in [2.45, 2.75) is 60.0 Å². The van der Waals surface area contributed by atoms with Gasteiger partial charge in [0.05, 0.1) is 6.61 Å². The Morgan fingerprint density at radius 2 is 1.87 bits per heavy atom. The molecule has 0 fully saturated rings. The van der Waals surface area contributed by atoms with Gasteiger partial charge >= 0.3 is 8.56 Å². The van der Waals surface area contributed by atoms with Crippen LogP contribution in [0.15, 0.2) is 18.2 Å². The molecule has 130 valence electrons. The molecule has 1 aromatic rings. The largest absolute Gasteiger partial charge is 0.462 e. The molecule has 0 aliphatic carbocycles. The van der Waals surface area contributed by atoms with Gasteiger partial charge in [-0.05, 0) is 43.6 Å². The van der Waals surface area contributed by atoms with Crippen LogP contribution in [0.4, 0.5) is 0 Å². The standard InChI is InChI=1S/C18H30O4Si/c1-7-20-23(6,21-8-2)16-9-10-17-15(11-16)13-19-18(5,22-17)12-14(3)4/h9-11,14H,7-8,12-13H2,1-6H3. The van der Waals surface area contributed by atoms with Gasteiger partial charge in [0.2, 0.25) is 5.79 Å². The van der Waals surface area contributed by atoms with E-state index >= 15 is 0 Å². The van der Waals surface area contributed by atoms with Crippen LogP contribution < -0.4 is 9.92 Å². The predicted molar refractivity (Wildman–Crippen MR) is 94.2 cm³/mol. The van der Waals surface area contributed by atoms with Crippen LogP contribution in [0.3, 0.4) is 0 Å². The lowest BCUT2D eigenvalue weighted by molar-refractivity contribution is -0.202. The molecule has 1 heterocycles. The van der Waals surface area contributed by atoms with Gasteiger partial charge in [-0.1, -0.05) is 19.9 Å². The minimum Gasteiger partial charge on any atom is -0.462 e. The Morgan fingerprint density at radius 3 is 2.43 bits per heavy atom. The lowest BCUT2D eigenvalue weighted by atomic mass is 10.0. The quantitative estimate of drug-likeness (QED) is 0.710. The van der Waals surface area contributed by atoms with Gasteiger partial charge in [-0.2, -0.15) is 0 Å². The van der Waals surface area contributed by atoms with Crippen LogP contribution >= 0.6 is 0 Å². The van der Waals surface area contributed by atoms with Gasteiger partial charge in [0.15, 0.2) is 0 Å². The number of hydrogen-bond donors (Lipinski definition) is 0. The van der Waals surface area contributed by atoms with Crippen LogP contribution in [-0.2, 0) is 20.2 Å². The molecule has 0 saturated heterocycles. The Hall–Kier alpha value is -0.883. The van der Waals surface area contributed by atoms with Crippen molar-refractivity contribution in [2.24, 2.45) is 5.92 Å². The highest BCUT2D eigenvalue weighted by atomic mass is 28.4. The van der Waals surface area contributed by atoms with E-state index in [1.807, 2.05) is 26.8 Å². The van der Waals surface area contributed by atoms with E-state index in [0.29, 0.717) is 25.7 Å². The Bertz CT molecular complexity index is 526. The lowest BCUT2D eigenvalue weighted by Crippen LogP contribution is -2.51. The van der Waals surface area contributed by atoms with Crippen LogP contribution in [0.5, 0.6) is 5.75 Å². The number of ether oxygens (including phenoxy) is 2. The molecule has 5 heteroatoms. The molecule has 1 aromatic carbocycles. The molecular weight excluding hydrogens is 308 g/mol. The zero-order valence-electron chi connectivity index (χ0n) is 15.3. The van der Waals surface area contributed by atoms with Crippen LogP contribution in [0.25, 0.3) is 0 Å². The third-order valence-corrected chi connectivity index (χ3v) is 7.10. The summed E-state index contributed by atoms with van der Waals surface area (Å²) in [6, 6.07) is 6.24. The van der Waals surface area contributed by atoms with E-state index < -0.39 is 14.3 Å². The predicted octanol–water partition coefficient (Wildman–Crippen LogP) is 3.71. The van der Waals surface area contributed by atoms with E-state index in [2.05, 4.69) is 32.5 Å². The molecule has 4 nitrogen and oxygen atoms in total. The van der Waals surface area contributed by atoms with E-state index in [1.54, 1.807) is 0 Å². The molecule has 2 rings (SSSR count). The molecule has 1 atom stereocenters. The highest BCUT2D eigenvalue weighted by Crippen LogP contribution is 2.34. The molecule has 0 saturated carbocycles. The van der Waals surface area contributed by atoms with Crippen LogP contribution in [-0.4, -0.2) is 27.6 Å². The van der Waals surface area contributed by atoms with Gasteiger partial charge in [-0.25, -0.2) is 0 Å². The van der Waals surface area contributed by atoms with Crippen molar-refractivity contribution >= 4 is 13.7 Å². The first-order valence-corrected chi connectivity index (χ1v) is 10.9. The molecule has 0 N–H and O–H groups in total. The van der Waals surface area contributed by atoms with Crippen LogP contribution in [0.2, 0.25) is 6.55 Å². The Balaban J connectivity index is 2.24. The highest BCUT2D eigenvalue weighted by molar-refractivity contribution is 6.80. The summed E-state index contributed by atoms with van der Waals surface area (Å²) in [5, 5.41) is 1.12. The van der Waals surface area contributed by atoms with Crippen molar-refractivity contribution in [1.82, 2.24) is 0 Å². The Kier molecular flexibility index (Phi) is 5.89. The fourth-order valence-corrected chi connectivity index (χ4v) is 5.51. The second-order valence-corrected chi connectivity index (χ2v) is 9.80. The zero-order chi connectivity index (χ0) is 17.1. The summed E-state index contributed by atoms with van der Waals surface area (Å²) < 4.78 is 24.1. The van der Waals surface area contributed by atoms with Gasteiger partial charge < -0.3 is 18.3 Å². The summed E-state index contributed by atoms with van der Waals surface area (Å²) in [6.07, 6.45) is 0.874. The first kappa shape index (κ1) is 18.5. The van der Waals surface area contributed by atoms with E-state index in [4.69, 9.17) is 18.3 Å². The van der Waals surface area contributed by atoms with Crippen LogP contribution in [0, 0.1) is 5.92 Å². The van der Waals surface area contributed by atoms with Crippen molar-refractivity contribution in [3.63, 3.8) is 0 Å². The average Bonchev–Trinajstić information content (AvgIpc) is 2.46. The maximum absolute atomic E-state index is 6.13. The van der Waals surface area contributed by atoms with Crippen molar-refractivity contribution in [1.29, 1.82) is 0 Å². The minimum atomic E-state index is -2.36. The number of rotatable bonds is 7. The molecule has 23 heavy (non-hydrogen) atoms. The van der Waals surface area contributed by atoms with Crippen molar-refractivity contribution in [3.05, 3.63) is 23.8 Å². The van der Waals surface area contributed by atoms with Crippen molar-refractivity contribution < 1.29 is 18.3 Å². The number of fused-ring (bicyclic) bond motifs is 1. The fraction of sp³-hybridized carbons (Fsp3) is 0.667.